The molecule has 0 aromatic heterocycles. The Morgan fingerprint density at radius 2 is 0.853 bits per heavy atom. The Morgan fingerprint density at radius 3 is 1.21 bits per heavy atom. The molecule has 0 amide bonds. The Bertz CT molecular complexity index is 1260. The second kappa shape index (κ2) is 8.36. The Hall–Kier alpha value is -4.08. The quantitative estimate of drug-likeness (QED) is 0.234. The first-order valence-electron chi connectivity index (χ1n) is 9.74. The van der Waals surface area contributed by atoms with E-state index < -0.39 is 35.0 Å². The molecule has 0 fully saturated rings. The molecule has 0 saturated heterocycles. The normalized spacial score (nSPS) is 12.1. The Labute approximate surface area is 189 Å². The number of nitrogens with two attached hydrogens (primary N) is 2. The molecule has 0 aliphatic rings. The van der Waals surface area contributed by atoms with Crippen LogP contribution in [0.1, 0.15) is 11.1 Å². The van der Waals surface area contributed by atoms with Crippen LogP contribution in [0.3, 0.4) is 0 Å². The van der Waals surface area contributed by atoms with Gasteiger partial charge in [-0.25, -0.2) is 0 Å². The van der Waals surface area contributed by atoms with E-state index in [2.05, 4.69) is 0 Å². The third-order valence-electron chi connectivity index (χ3n) is 4.90. The van der Waals surface area contributed by atoms with Gasteiger partial charge in [-0.3, -0.25) is 0 Å². The van der Waals surface area contributed by atoms with Crippen molar-refractivity contribution in [2.24, 2.45) is 0 Å². The van der Waals surface area contributed by atoms with E-state index in [0.29, 0.717) is 10.8 Å². The highest BCUT2D eigenvalue weighted by atomic mass is 19.4. The van der Waals surface area contributed by atoms with Gasteiger partial charge < -0.3 is 20.9 Å². The minimum Gasteiger partial charge on any atom is -0.456 e. The summed E-state index contributed by atoms with van der Waals surface area (Å²) in [6.07, 6.45) is -9.43. The lowest BCUT2D eigenvalue weighted by Crippen LogP contribution is -2.08. The van der Waals surface area contributed by atoms with Crippen LogP contribution in [0.15, 0.2) is 72.8 Å². The average molecular weight is 478 g/mol. The van der Waals surface area contributed by atoms with Gasteiger partial charge in [0.05, 0.1) is 0 Å². The molecule has 4 aromatic carbocycles. The molecule has 0 atom stereocenters. The third kappa shape index (κ3) is 4.66. The van der Waals surface area contributed by atoms with Crippen molar-refractivity contribution < 1.29 is 35.8 Å². The molecule has 4 N–H and O–H groups in total. The topological polar surface area (TPSA) is 70.5 Å². The fourth-order valence-corrected chi connectivity index (χ4v) is 3.37. The summed E-state index contributed by atoms with van der Waals surface area (Å²) in [7, 11) is 0. The third-order valence-corrected chi connectivity index (χ3v) is 4.90. The molecule has 0 radical (unpaired) electrons. The van der Waals surface area contributed by atoms with E-state index >= 15 is 0 Å². The molecule has 4 nitrogen and oxygen atoms in total. The molecule has 0 aliphatic heterocycles. The van der Waals surface area contributed by atoms with Crippen molar-refractivity contribution in [3.8, 4) is 23.0 Å². The number of anilines is 2. The number of hydrogen-bond acceptors (Lipinski definition) is 4. The van der Waals surface area contributed by atoms with Crippen molar-refractivity contribution in [3.05, 3.63) is 83.9 Å². The maximum absolute atomic E-state index is 13.5. The second-order valence-corrected chi connectivity index (χ2v) is 7.32. The highest BCUT2D eigenvalue weighted by Gasteiger charge is 2.36. The zero-order valence-electron chi connectivity index (χ0n) is 17.2. The monoisotopic (exact) mass is 478 g/mol. The van der Waals surface area contributed by atoms with Crippen LogP contribution in [-0.2, 0) is 12.4 Å². The van der Waals surface area contributed by atoms with E-state index in [0.717, 1.165) is 24.3 Å². The van der Waals surface area contributed by atoms with Crippen LogP contribution >= 0.6 is 0 Å². The molecule has 0 heterocycles. The van der Waals surface area contributed by atoms with Gasteiger partial charge in [-0.1, -0.05) is 24.3 Å². The summed E-state index contributed by atoms with van der Waals surface area (Å²) < 4.78 is 91.9. The largest absolute Gasteiger partial charge is 0.456 e. The van der Waals surface area contributed by atoms with Crippen molar-refractivity contribution in [1.82, 2.24) is 0 Å². The van der Waals surface area contributed by atoms with Gasteiger partial charge in [0.2, 0.25) is 0 Å². The van der Waals surface area contributed by atoms with Gasteiger partial charge in [0.15, 0.2) is 0 Å². The van der Waals surface area contributed by atoms with E-state index in [1.807, 2.05) is 0 Å². The van der Waals surface area contributed by atoms with E-state index in [4.69, 9.17) is 20.9 Å². The molecule has 4 rings (SSSR count). The van der Waals surface area contributed by atoms with Gasteiger partial charge in [0.25, 0.3) is 0 Å². The number of fused-ring (bicyclic) bond motifs is 1. The lowest BCUT2D eigenvalue weighted by molar-refractivity contribution is -0.139. The molecule has 10 heteroatoms. The van der Waals surface area contributed by atoms with Gasteiger partial charge in [0, 0.05) is 22.1 Å². The Kier molecular flexibility index (Phi) is 5.68. The molecule has 0 unspecified atom stereocenters. The zero-order chi connectivity index (χ0) is 24.7. The van der Waals surface area contributed by atoms with Gasteiger partial charge >= 0.3 is 12.4 Å². The number of nitrogen functional groups attached to an aromatic ring is 2. The van der Waals surface area contributed by atoms with Crippen molar-refractivity contribution in [2.45, 2.75) is 12.4 Å². The minimum atomic E-state index is -4.72. The summed E-state index contributed by atoms with van der Waals surface area (Å²) in [5.74, 6) is -0.852. The highest BCUT2D eigenvalue weighted by Crippen LogP contribution is 2.44. The zero-order valence-corrected chi connectivity index (χ0v) is 17.2. The van der Waals surface area contributed by atoms with Gasteiger partial charge in [-0.15, -0.1) is 0 Å². The first-order valence-corrected chi connectivity index (χ1v) is 9.74. The smallest absolute Gasteiger partial charge is 0.420 e. The summed E-state index contributed by atoms with van der Waals surface area (Å²) in [5, 5.41) is 0.655. The molecule has 34 heavy (non-hydrogen) atoms. The number of benzene rings is 4. The van der Waals surface area contributed by atoms with Crippen LogP contribution in [0.5, 0.6) is 23.0 Å². The molecular weight excluding hydrogens is 462 g/mol. The summed E-state index contributed by atoms with van der Waals surface area (Å²) in [4.78, 5) is 0. The molecule has 176 valence electrons. The molecule has 0 saturated carbocycles. The lowest BCUT2D eigenvalue weighted by atomic mass is 10.1. The Morgan fingerprint density at radius 1 is 0.500 bits per heavy atom. The van der Waals surface area contributed by atoms with Gasteiger partial charge in [-0.05, 0) is 48.5 Å². The Balaban J connectivity index is 1.78. The number of halogens is 6. The first kappa shape index (κ1) is 23.1. The standard InChI is InChI=1S/C24H16F6N2O2/c25-23(26,27)17-11-13(31)5-7-21(17)33-19-9-10-20(16-4-2-1-3-15(16)19)34-22-8-6-14(32)12-18(22)24(28,29)30/h1-12H,31-32H2. The van der Waals surface area contributed by atoms with Gasteiger partial charge in [0.1, 0.15) is 34.1 Å². The van der Waals surface area contributed by atoms with Crippen LogP contribution in [0.2, 0.25) is 0 Å². The summed E-state index contributed by atoms with van der Waals surface area (Å²) in [6.45, 7) is 0. The molecule has 4 aromatic rings. The highest BCUT2D eigenvalue weighted by molar-refractivity contribution is 5.93. The number of alkyl halides is 6. The maximum Gasteiger partial charge on any atom is 0.420 e. The predicted molar refractivity (Wildman–Crippen MR) is 116 cm³/mol. The maximum atomic E-state index is 13.5. The number of rotatable bonds is 4. The van der Waals surface area contributed by atoms with Crippen LogP contribution in [0.4, 0.5) is 37.7 Å². The molecular formula is C24H16F6N2O2. The van der Waals surface area contributed by atoms with Crippen molar-refractivity contribution >= 4 is 22.1 Å². The molecule has 0 spiro atoms. The van der Waals surface area contributed by atoms with E-state index in [1.54, 1.807) is 24.3 Å². The summed E-state index contributed by atoms with van der Waals surface area (Å²) in [5.41, 5.74) is 8.69. The predicted octanol–water partition coefficient (Wildman–Crippen LogP) is 7.63. The molecule has 0 bridgehead atoms. The molecule has 0 aliphatic carbocycles. The van der Waals surface area contributed by atoms with E-state index in [9.17, 15) is 26.3 Å². The first-order chi connectivity index (χ1) is 15.9. The second-order valence-electron chi connectivity index (χ2n) is 7.32. The summed E-state index contributed by atoms with van der Waals surface area (Å²) >= 11 is 0. The van der Waals surface area contributed by atoms with Gasteiger partial charge in [-0.2, -0.15) is 26.3 Å². The fraction of sp³-hybridized carbons (Fsp3) is 0.0833. The number of hydrogen-bond donors (Lipinski definition) is 2. The van der Waals surface area contributed by atoms with Crippen molar-refractivity contribution in [3.63, 3.8) is 0 Å². The lowest BCUT2D eigenvalue weighted by Gasteiger charge is -2.18. The summed E-state index contributed by atoms with van der Waals surface area (Å²) in [6, 6.07) is 15.2. The van der Waals surface area contributed by atoms with Crippen molar-refractivity contribution in [2.75, 3.05) is 11.5 Å². The minimum absolute atomic E-state index is 0.0478. The SMILES string of the molecule is Nc1ccc(Oc2ccc(Oc3ccc(N)cc3C(F)(F)F)c3ccccc23)c(C(F)(F)F)c1. The van der Waals surface area contributed by atoms with Crippen LogP contribution in [0, 0.1) is 0 Å². The average Bonchev–Trinajstić information content (AvgIpc) is 2.76. The van der Waals surface area contributed by atoms with Crippen LogP contribution in [0.25, 0.3) is 10.8 Å². The number of ether oxygens (including phenoxy) is 2. The van der Waals surface area contributed by atoms with E-state index in [-0.39, 0.29) is 22.9 Å². The van der Waals surface area contributed by atoms with Crippen LogP contribution in [-0.4, -0.2) is 0 Å². The fourth-order valence-electron chi connectivity index (χ4n) is 3.37. The van der Waals surface area contributed by atoms with E-state index in [1.165, 1.54) is 24.3 Å². The van der Waals surface area contributed by atoms with Crippen molar-refractivity contribution in [1.29, 1.82) is 0 Å². The van der Waals surface area contributed by atoms with Crippen LogP contribution < -0.4 is 20.9 Å².